The van der Waals surface area contributed by atoms with E-state index in [1.165, 1.54) is 13.0 Å². The van der Waals surface area contributed by atoms with Gasteiger partial charge in [-0.3, -0.25) is 4.79 Å². The summed E-state index contributed by atoms with van der Waals surface area (Å²) in [5.41, 5.74) is 0.462. The maximum absolute atomic E-state index is 13.8. The molecule has 2 aromatic rings. The molecule has 0 saturated carbocycles. The van der Waals surface area contributed by atoms with E-state index in [2.05, 4.69) is 20.9 Å². The van der Waals surface area contributed by atoms with Crippen molar-refractivity contribution in [3.8, 4) is 0 Å². The highest BCUT2D eigenvalue weighted by molar-refractivity contribution is 9.09. The molecule has 1 saturated heterocycles. The molecule has 1 fully saturated rings. The van der Waals surface area contributed by atoms with Crippen molar-refractivity contribution >= 4 is 33.3 Å². The van der Waals surface area contributed by atoms with Crippen LogP contribution in [0.2, 0.25) is 0 Å². The lowest BCUT2D eigenvalue weighted by Crippen LogP contribution is -2.47. The van der Waals surface area contributed by atoms with Crippen LogP contribution in [0.5, 0.6) is 0 Å². The van der Waals surface area contributed by atoms with Gasteiger partial charge < -0.3 is 9.80 Å². The number of aryl methyl sites for hydroxylation is 2. The summed E-state index contributed by atoms with van der Waals surface area (Å²) in [5, 5.41) is 0.680. The lowest BCUT2D eigenvalue weighted by molar-refractivity contribution is -0.137. The molecule has 1 aromatic carbocycles. The van der Waals surface area contributed by atoms with Gasteiger partial charge in [0.1, 0.15) is 17.7 Å². The van der Waals surface area contributed by atoms with Crippen molar-refractivity contribution in [3.63, 3.8) is 0 Å². The molecule has 3 rings (SSSR count). The van der Waals surface area contributed by atoms with Crippen LogP contribution < -0.4 is 9.80 Å². The van der Waals surface area contributed by atoms with Crippen LogP contribution >= 0.6 is 15.9 Å². The number of pyridine rings is 1. The molecule has 1 atom stereocenters. The van der Waals surface area contributed by atoms with Crippen LogP contribution in [0.1, 0.15) is 36.1 Å². The van der Waals surface area contributed by atoms with Crippen molar-refractivity contribution in [2.24, 2.45) is 0 Å². The topological polar surface area (TPSA) is 36.4 Å². The zero-order chi connectivity index (χ0) is 22.8. The molecule has 1 aliphatic heterocycles. The smallest absolute Gasteiger partial charge is 0.345 e. The van der Waals surface area contributed by atoms with Gasteiger partial charge in [0, 0.05) is 29.8 Å². The average Bonchev–Trinajstić information content (AvgIpc) is 3.19. The average molecular weight is 502 g/mol. The van der Waals surface area contributed by atoms with Gasteiger partial charge in [0.15, 0.2) is 0 Å². The fourth-order valence-corrected chi connectivity index (χ4v) is 4.07. The Hall–Kier alpha value is -2.16. The summed E-state index contributed by atoms with van der Waals surface area (Å²) in [6.45, 7) is 3.99. The predicted molar refractivity (Wildman–Crippen MR) is 116 cm³/mol. The lowest BCUT2D eigenvalue weighted by Gasteiger charge is -2.31. The Morgan fingerprint density at radius 2 is 2.00 bits per heavy atom. The molecule has 4 nitrogen and oxygen atoms in total. The van der Waals surface area contributed by atoms with Crippen LogP contribution in [0.15, 0.2) is 30.3 Å². The number of benzene rings is 1. The van der Waals surface area contributed by atoms with E-state index < -0.39 is 17.8 Å². The second-order valence-electron chi connectivity index (χ2n) is 7.67. The molecule has 9 heteroatoms. The summed E-state index contributed by atoms with van der Waals surface area (Å²) in [6.07, 6.45) is -2.63. The fourth-order valence-electron chi connectivity index (χ4n) is 3.82. The van der Waals surface area contributed by atoms with Crippen molar-refractivity contribution in [1.82, 2.24) is 4.98 Å². The van der Waals surface area contributed by atoms with Gasteiger partial charge in [-0.05, 0) is 69.0 Å². The summed E-state index contributed by atoms with van der Waals surface area (Å²) in [7, 11) is 0. The first kappa shape index (κ1) is 23.5. The Morgan fingerprint density at radius 3 is 2.65 bits per heavy atom. The first-order chi connectivity index (χ1) is 14.6. The van der Waals surface area contributed by atoms with Crippen LogP contribution in [0.25, 0.3) is 0 Å². The van der Waals surface area contributed by atoms with Gasteiger partial charge in [0.05, 0.1) is 5.56 Å². The Kier molecular flexibility index (Phi) is 7.24. The Balaban J connectivity index is 1.94. The quantitative estimate of drug-likeness (QED) is 0.379. The maximum atomic E-state index is 13.8. The molecular weight excluding hydrogens is 478 g/mol. The highest BCUT2D eigenvalue weighted by atomic mass is 79.9. The number of anilines is 2. The van der Waals surface area contributed by atoms with Crippen LogP contribution in [0.3, 0.4) is 0 Å². The number of hydrogen-bond acceptors (Lipinski definition) is 3. The zero-order valence-electron chi connectivity index (χ0n) is 17.3. The first-order valence-corrected chi connectivity index (χ1v) is 11.2. The number of rotatable bonds is 6. The van der Waals surface area contributed by atoms with Gasteiger partial charge in [-0.25, -0.2) is 9.37 Å². The van der Waals surface area contributed by atoms with Crippen molar-refractivity contribution < 1.29 is 22.4 Å². The van der Waals surface area contributed by atoms with Crippen LogP contribution in [-0.2, 0) is 11.0 Å². The lowest BCUT2D eigenvalue weighted by atomic mass is 10.1. The largest absolute Gasteiger partial charge is 0.416 e. The van der Waals surface area contributed by atoms with E-state index in [4.69, 9.17) is 0 Å². The van der Waals surface area contributed by atoms with E-state index in [-0.39, 0.29) is 23.2 Å². The van der Waals surface area contributed by atoms with Crippen molar-refractivity contribution in [2.45, 2.75) is 45.3 Å². The summed E-state index contributed by atoms with van der Waals surface area (Å²) < 4.78 is 53.6. The number of carbonyl (C=O) groups excluding carboxylic acids is 1. The molecule has 2 heterocycles. The number of carbonyl (C=O) groups is 1. The molecular formula is C22H24BrF4N3O. The van der Waals surface area contributed by atoms with E-state index in [9.17, 15) is 22.4 Å². The molecule has 0 bridgehead atoms. The van der Waals surface area contributed by atoms with Crippen molar-refractivity contribution in [2.75, 3.05) is 28.2 Å². The summed E-state index contributed by atoms with van der Waals surface area (Å²) in [4.78, 5) is 21.1. The highest BCUT2D eigenvalue weighted by Crippen LogP contribution is 2.34. The molecule has 168 valence electrons. The molecule has 31 heavy (non-hydrogen) atoms. The number of amides is 1. The van der Waals surface area contributed by atoms with E-state index in [1.54, 1.807) is 28.9 Å². The number of alkyl halides is 4. The normalized spacial score (nSPS) is 16.6. The third-order valence-corrected chi connectivity index (χ3v) is 5.89. The predicted octanol–water partition coefficient (Wildman–Crippen LogP) is 5.64. The summed E-state index contributed by atoms with van der Waals surface area (Å²) >= 11 is 3.37. The first-order valence-electron chi connectivity index (χ1n) is 10.1. The Bertz CT molecular complexity index is 951. The molecule has 1 amide bonds. The van der Waals surface area contributed by atoms with Gasteiger partial charge in [-0.2, -0.15) is 13.2 Å². The van der Waals surface area contributed by atoms with Gasteiger partial charge in [0.2, 0.25) is 5.91 Å². The summed E-state index contributed by atoms with van der Waals surface area (Å²) in [5.74, 6) is -0.428. The zero-order valence-corrected chi connectivity index (χ0v) is 18.9. The summed E-state index contributed by atoms with van der Waals surface area (Å²) in [6, 6.07) is 5.87. The second-order valence-corrected chi connectivity index (χ2v) is 8.46. The van der Waals surface area contributed by atoms with E-state index in [0.29, 0.717) is 48.9 Å². The van der Waals surface area contributed by atoms with Gasteiger partial charge in [-0.15, -0.1) is 0 Å². The van der Waals surface area contributed by atoms with Gasteiger partial charge in [0.25, 0.3) is 0 Å². The van der Waals surface area contributed by atoms with Gasteiger partial charge >= 0.3 is 6.18 Å². The number of hydrogen-bond donors (Lipinski definition) is 0. The SMILES string of the molecule is Cc1cc(C(F)(F)F)cc(N2CCC[C@H]2C(=O)N(CCCBr)c2ccc(F)c(C)c2)n1. The third kappa shape index (κ3) is 5.37. The Morgan fingerprint density at radius 1 is 1.26 bits per heavy atom. The van der Waals surface area contributed by atoms with Crippen molar-refractivity contribution in [3.05, 3.63) is 53.0 Å². The van der Waals surface area contributed by atoms with E-state index >= 15 is 0 Å². The Labute approximate surface area is 187 Å². The minimum atomic E-state index is -4.49. The minimum absolute atomic E-state index is 0.152. The molecule has 0 N–H and O–H groups in total. The number of aromatic nitrogens is 1. The van der Waals surface area contributed by atoms with Crippen LogP contribution in [-0.4, -0.2) is 35.4 Å². The third-order valence-electron chi connectivity index (χ3n) is 5.33. The van der Waals surface area contributed by atoms with E-state index in [1.807, 2.05) is 0 Å². The monoisotopic (exact) mass is 501 g/mol. The highest BCUT2D eigenvalue weighted by Gasteiger charge is 2.37. The molecule has 1 aromatic heterocycles. The fraction of sp³-hybridized carbons (Fsp3) is 0.455. The van der Waals surface area contributed by atoms with Crippen molar-refractivity contribution in [1.29, 1.82) is 0 Å². The van der Waals surface area contributed by atoms with Crippen LogP contribution in [0, 0.1) is 19.7 Å². The number of halogens is 5. The minimum Gasteiger partial charge on any atom is -0.345 e. The van der Waals surface area contributed by atoms with Gasteiger partial charge in [-0.1, -0.05) is 15.9 Å². The number of nitrogens with zero attached hydrogens (tertiary/aromatic N) is 3. The molecule has 1 aliphatic rings. The standard InChI is InChI=1S/C22H24BrF4N3O/c1-14-11-17(6-7-18(14)24)29(10-4-8-23)21(31)19-5-3-9-30(19)20-13-16(22(25,26)27)12-15(2)28-20/h6-7,11-13,19H,3-5,8-10H2,1-2H3/t19-/m0/s1. The molecule has 0 radical (unpaired) electrons. The molecule has 0 aliphatic carbocycles. The van der Waals surface area contributed by atoms with E-state index in [0.717, 1.165) is 12.1 Å². The molecule has 0 spiro atoms. The molecule has 0 unspecified atom stereocenters. The second kappa shape index (κ2) is 9.54. The maximum Gasteiger partial charge on any atom is 0.416 e. The van der Waals surface area contributed by atoms with Crippen LogP contribution in [0.4, 0.5) is 29.1 Å².